The summed E-state index contributed by atoms with van der Waals surface area (Å²) < 4.78 is 0. The molecule has 0 amide bonds. The number of aromatic nitrogens is 4. The quantitative estimate of drug-likeness (QED) is 0.0893. The Morgan fingerprint density at radius 3 is 1.36 bits per heavy atom. The van der Waals surface area contributed by atoms with Crippen molar-refractivity contribution in [1.82, 2.24) is 24.8 Å². The van der Waals surface area contributed by atoms with Crippen LogP contribution in [0.25, 0.3) is 90.4 Å². The van der Waals surface area contributed by atoms with Gasteiger partial charge in [-0.05, 0) is 75.3 Å². The first-order valence-electron chi connectivity index (χ1n) is 21.2. The van der Waals surface area contributed by atoms with Crippen molar-refractivity contribution < 1.29 is 21.4 Å². The van der Waals surface area contributed by atoms with Crippen LogP contribution in [0.1, 0.15) is 34.3 Å². The van der Waals surface area contributed by atoms with Crippen molar-refractivity contribution in [2.45, 2.75) is 18.0 Å². The van der Waals surface area contributed by atoms with Crippen LogP contribution in [0.5, 0.6) is 0 Å². The summed E-state index contributed by atoms with van der Waals surface area (Å²) in [6.45, 7) is 0.505. The number of rotatable bonds is 7. The molecule has 0 N–H and O–H groups in total. The molecule has 3 aliphatic rings. The number of fused-ring (bicyclic) bond motifs is 8. The number of nitrogens with zero attached hydrogens (tertiary/aromatic N) is 6. The molecule has 11 rings (SSSR count). The molecule has 8 nitrogen and oxygen atoms in total. The topological polar surface area (TPSA) is 100 Å². The van der Waals surface area contributed by atoms with Gasteiger partial charge in [0.1, 0.15) is 6.04 Å². The molecule has 1 fully saturated rings. The Labute approximate surface area is 380 Å². The van der Waals surface area contributed by atoms with Crippen molar-refractivity contribution in [3.05, 3.63) is 214 Å². The third kappa shape index (κ3) is 7.19. The van der Waals surface area contributed by atoms with Crippen LogP contribution in [0, 0.1) is 10.1 Å². The van der Waals surface area contributed by atoms with Crippen LogP contribution < -0.4 is 9.97 Å². The molecule has 1 saturated heterocycles. The summed E-state index contributed by atoms with van der Waals surface area (Å²) in [5.41, 5.74) is 14.8. The van der Waals surface area contributed by atoms with Crippen LogP contribution >= 0.6 is 0 Å². The molecule has 0 radical (unpaired) electrons. The third-order valence-electron chi connectivity index (χ3n) is 12.5. The molecule has 3 atom stereocenters. The number of likely N-dealkylation sites (tertiary alicyclic amines) is 1. The molecule has 3 aliphatic heterocycles. The second kappa shape index (κ2) is 17.0. The van der Waals surface area contributed by atoms with Gasteiger partial charge in [0.2, 0.25) is 6.04 Å². The molecule has 64 heavy (non-hydrogen) atoms. The second-order valence-electron chi connectivity index (χ2n) is 16.2. The van der Waals surface area contributed by atoms with Gasteiger partial charge in [0.15, 0.2) is 0 Å². The van der Waals surface area contributed by atoms with Crippen molar-refractivity contribution in [3.63, 3.8) is 0 Å². The van der Waals surface area contributed by atoms with Gasteiger partial charge in [-0.25, -0.2) is 9.97 Å². The van der Waals surface area contributed by atoms with Crippen LogP contribution in [0.2, 0.25) is 0 Å². The average molecular weight is 876 g/mol. The first-order valence-corrected chi connectivity index (χ1v) is 21.2. The van der Waals surface area contributed by atoms with Gasteiger partial charge < -0.3 is 9.97 Å². The molecule has 9 heteroatoms. The van der Waals surface area contributed by atoms with Crippen molar-refractivity contribution in [2.75, 3.05) is 13.6 Å². The molecule has 8 aromatic rings. The van der Waals surface area contributed by atoms with Crippen LogP contribution in [-0.2, 0) is 16.5 Å². The molecule has 3 aromatic heterocycles. The fourth-order valence-corrected chi connectivity index (χ4v) is 9.71. The zero-order valence-corrected chi connectivity index (χ0v) is 35.7. The Morgan fingerprint density at radius 1 is 0.531 bits per heavy atom. The Hall–Kier alpha value is -7.45. The van der Waals surface area contributed by atoms with Crippen LogP contribution in [-0.4, -0.2) is 45.5 Å². The summed E-state index contributed by atoms with van der Waals surface area (Å²) in [6, 6.07) is 57.4. The standard InChI is InChI=1S/C55H40N6O2.Ni/c1-60-34-41(35-17-7-2-8-18-35)55(61(62)63)54(60)40-33-48-51(38-23-13-5-14-24-38)46-30-29-44(57-46)49(36-19-9-3-10-20-36)42-27-28-43(56-42)50(37-21-11-4-12-22-37)45-31-32-47(58-45)52(53(40)59-48)39-25-15-6-16-26-39;/h2-33,41,54-55H,34H2,1H3;/q-2;+2/t41-,54-,55-;/m1./s1. The van der Waals surface area contributed by atoms with E-state index in [1.165, 1.54) is 0 Å². The van der Waals surface area contributed by atoms with Gasteiger partial charge in [0.25, 0.3) is 0 Å². The Morgan fingerprint density at radius 2 is 0.922 bits per heavy atom. The van der Waals surface area contributed by atoms with Crippen LogP contribution in [0.15, 0.2) is 176 Å². The van der Waals surface area contributed by atoms with Crippen molar-refractivity contribution in [1.29, 1.82) is 0 Å². The monoisotopic (exact) mass is 874 g/mol. The number of likely N-dealkylation sites (N-methyl/N-ethyl adjacent to an activating group) is 1. The first-order chi connectivity index (χ1) is 31.0. The number of hydrogen-bond donors (Lipinski definition) is 0. The third-order valence-corrected chi connectivity index (χ3v) is 12.5. The van der Waals surface area contributed by atoms with Crippen LogP contribution in [0.4, 0.5) is 0 Å². The van der Waals surface area contributed by atoms with E-state index in [1.807, 2.05) is 116 Å². The smallest absolute Gasteiger partial charge is 0.657 e. The predicted octanol–water partition coefficient (Wildman–Crippen LogP) is 11.7. The van der Waals surface area contributed by atoms with Crippen molar-refractivity contribution in [3.8, 4) is 44.5 Å². The van der Waals surface area contributed by atoms with Gasteiger partial charge in [-0.2, -0.15) is 0 Å². The van der Waals surface area contributed by atoms with E-state index < -0.39 is 12.1 Å². The Bertz CT molecular complexity index is 3260. The predicted molar refractivity (Wildman–Crippen MR) is 254 cm³/mol. The van der Waals surface area contributed by atoms with E-state index in [9.17, 15) is 10.1 Å². The van der Waals surface area contributed by atoms with E-state index in [2.05, 4.69) is 89.9 Å². The summed E-state index contributed by atoms with van der Waals surface area (Å²) in [5.74, 6) is -0.346. The van der Waals surface area contributed by atoms with Crippen molar-refractivity contribution in [2.24, 2.45) is 0 Å². The average Bonchev–Trinajstić information content (AvgIpc) is 4.19. The number of hydrogen-bond acceptors (Lipinski definition) is 5. The molecule has 8 bridgehead atoms. The zero-order chi connectivity index (χ0) is 42.4. The summed E-state index contributed by atoms with van der Waals surface area (Å²) >= 11 is 0. The summed E-state index contributed by atoms with van der Waals surface area (Å²) in [6.07, 6.45) is 6.22. The maximum Gasteiger partial charge on any atom is 2.00 e. The maximum absolute atomic E-state index is 13.5. The Balaban J connectivity index is 0.00000484. The normalized spacial score (nSPS) is 16.9. The first kappa shape index (κ1) is 40.6. The van der Waals surface area contributed by atoms with E-state index in [-0.39, 0.29) is 27.3 Å². The molecule has 0 unspecified atom stereocenters. The molecular formula is C55H40N6NiO2. The van der Waals surface area contributed by atoms with Gasteiger partial charge in [-0.3, -0.25) is 15.0 Å². The molecule has 6 heterocycles. The zero-order valence-electron chi connectivity index (χ0n) is 34.7. The Kier molecular flexibility index (Phi) is 10.8. The molecule has 0 aliphatic carbocycles. The summed E-state index contributed by atoms with van der Waals surface area (Å²) in [5, 5.41) is 13.5. The van der Waals surface area contributed by atoms with E-state index in [0.29, 0.717) is 23.4 Å². The minimum absolute atomic E-state index is 0. The molecular weight excluding hydrogens is 835 g/mol. The maximum atomic E-state index is 13.5. The van der Waals surface area contributed by atoms with E-state index in [4.69, 9.17) is 19.9 Å². The van der Waals surface area contributed by atoms with E-state index in [0.717, 1.165) is 83.6 Å². The molecule has 0 spiro atoms. The van der Waals surface area contributed by atoms with Crippen molar-refractivity contribution >= 4 is 45.9 Å². The fourth-order valence-electron chi connectivity index (χ4n) is 9.71. The fraction of sp³-hybridized carbons (Fsp3) is 0.0909. The minimum Gasteiger partial charge on any atom is -0.657 e. The van der Waals surface area contributed by atoms with Gasteiger partial charge in [-0.1, -0.05) is 176 Å². The SMILES string of the molecule is CN1C[C@H](c2ccccc2)[C@@H]([N+](=O)[O-])[C@H]1C1=Cc2nc1c(-c1ccccc1)c1ccc([n-]1)c(-c1ccccc1)c1nc(c(-c3ccccc3)c3ccc([n-]3)c2-c2ccccc2)C=C1.[Ni+2]. The van der Waals surface area contributed by atoms with Gasteiger partial charge in [-0.15, -0.1) is 22.1 Å². The molecule has 0 saturated carbocycles. The second-order valence-corrected chi connectivity index (χ2v) is 16.2. The number of nitro groups is 1. The molecule has 312 valence electrons. The van der Waals surface area contributed by atoms with Gasteiger partial charge in [0.05, 0.1) is 28.7 Å². The summed E-state index contributed by atoms with van der Waals surface area (Å²) in [4.78, 5) is 37.5. The van der Waals surface area contributed by atoms with Gasteiger partial charge in [0, 0.05) is 17.0 Å². The molecule has 5 aromatic carbocycles. The van der Waals surface area contributed by atoms with Crippen LogP contribution in [0.3, 0.4) is 0 Å². The van der Waals surface area contributed by atoms with Gasteiger partial charge >= 0.3 is 16.5 Å². The largest absolute Gasteiger partial charge is 2.00 e. The summed E-state index contributed by atoms with van der Waals surface area (Å²) in [7, 11) is 1.99. The minimum atomic E-state index is -0.954. The van der Waals surface area contributed by atoms with E-state index in [1.54, 1.807) is 0 Å². The number of benzene rings is 5. The van der Waals surface area contributed by atoms with E-state index >= 15 is 0 Å².